The van der Waals surface area contributed by atoms with Crippen molar-refractivity contribution in [3.63, 3.8) is 0 Å². The lowest BCUT2D eigenvalue weighted by Crippen LogP contribution is -2.43. The van der Waals surface area contributed by atoms with Crippen LogP contribution in [-0.4, -0.2) is 28.0 Å². The normalized spacial score (nSPS) is 18.0. The van der Waals surface area contributed by atoms with E-state index in [2.05, 4.69) is 10.3 Å². The molecule has 7 heteroatoms. The minimum Gasteiger partial charge on any atom is -0.489 e. The Hall–Kier alpha value is -3.45. The van der Waals surface area contributed by atoms with Crippen molar-refractivity contribution < 1.29 is 19.5 Å². The van der Waals surface area contributed by atoms with Gasteiger partial charge in [-0.2, -0.15) is 0 Å². The first kappa shape index (κ1) is 22.7. The number of aromatic nitrogens is 1. The zero-order valence-corrected chi connectivity index (χ0v) is 18.7. The van der Waals surface area contributed by atoms with E-state index >= 15 is 0 Å². The van der Waals surface area contributed by atoms with Gasteiger partial charge < -0.3 is 10.1 Å². The van der Waals surface area contributed by atoms with E-state index in [-0.39, 0.29) is 24.3 Å². The fourth-order valence-corrected chi connectivity index (χ4v) is 4.56. The maximum atomic E-state index is 12.8. The van der Waals surface area contributed by atoms with Crippen molar-refractivity contribution in [2.75, 3.05) is 0 Å². The van der Waals surface area contributed by atoms with Gasteiger partial charge in [0.2, 0.25) is 5.91 Å². The first-order valence-electron chi connectivity index (χ1n) is 11.4. The molecule has 1 aliphatic carbocycles. The number of para-hydroxylation sites is 1. The van der Waals surface area contributed by atoms with Crippen LogP contribution in [0.25, 0.3) is 10.9 Å². The van der Waals surface area contributed by atoms with Crippen molar-refractivity contribution in [2.45, 2.75) is 51.7 Å². The molecule has 3 N–H and O–H groups in total. The van der Waals surface area contributed by atoms with Crippen molar-refractivity contribution in [3.05, 3.63) is 71.4 Å². The Morgan fingerprint density at radius 2 is 1.85 bits per heavy atom. The van der Waals surface area contributed by atoms with Crippen molar-refractivity contribution >= 4 is 22.7 Å². The number of carbonyl (C=O) groups is 2. The second-order valence-electron chi connectivity index (χ2n) is 8.62. The molecule has 172 valence electrons. The Labute approximate surface area is 193 Å². The van der Waals surface area contributed by atoms with Gasteiger partial charge in [0.15, 0.2) is 0 Å². The number of fused-ring (bicyclic) bond motifs is 1. The summed E-state index contributed by atoms with van der Waals surface area (Å²) in [6.07, 6.45) is 3.92. The van der Waals surface area contributed by atoms with E-state index in [1.807, 2.05) is 37.3 Å². The highest BCUT2D eigenvalue weighted by molar-refractivity contribution is 5.94. The molecule has 0 spiro atoms. The summed E-state index contributed by atoms with van der Waals surface area (Å²) in [5.41, 5.74) is 5.19. The quantitative estimate of drug-likeness (QED) is 0.370. The number of pyridine rings is 1. The molecule has 7 nitrogen and oxygen atoms in total. The average Bonchev–Trinajstić information content (AvgIpc) is 2.83. The molecule has 2 aromatic carbocycles. The molecule has 1 aliphatic rings. The first-order chi connectivity index (χ1) is 16.0. The Morgan fingerprint density at radius 3 is 2.64 bits per heavy atom. The average molecular weight is 448 g/mol. The number of amides is 2. The topological polar surface area (TPSA) is 101 Å². The van der Waals surface area contributed by atoms with Crippen LogP contribution >= 0.6 is 0 Å². The molecule has 4 rings (SSSR count). The van der Waals surface area contributed by atoms with Gasteiger partial charge >= 0.3 is 0 Å². The molecule has 33 heavy (non-hydrogen) atoms. The summed E-state index contributed by atoms with van der Waals surface area (Å²) in [6, 6.07) is 17.0. The molecule has 0 saturated heterocycles. The van der Waals surface area contributed by atoms with Gasteiger partial charge in [-0.05, 0) is 62.1 Å². The summed E-state index contributed by atoms with van der Waals surface area (Å²) in [5, 5.41) is 13.0. The van der Waals surface area contributed by atoms with E-state index in [1.54, 1.807) is 29.7 Å². The smallest absolute Gasteiger partial charge is 0.251 e. The Morgan fingerprint density at radius 1 is 1.09 bits per heavy atom. The van der Waals surface area contributed by atoms with Crippen LogP contribution in [0.3, 0.4) is 0 Å². The molecular formula is C26H29N3O4. The van der Waals surface area contributed by atoms with E-state index in [9.17, 15) is 9.59 Å². The van der Waals surface area contributed by atoms with Crippen LogP contribution in [0.4, 0.5) is 0 Å². The van der Waals surface area contributed by atoms with Crippen molar-refractivity contribution in [1.29, 1.82) is 0 Å². The van der Waals surface area contributed by atoms with Crippen LogP contribution in [0.15, 0.2) is 54.6 Å². The zero-order valence-electron chi connectivity index (χ0n) is 18.7. The second-order valence-corrected chi connectivity index (χ2v) is 8.62. The monoisotopic (exact) mass is 447 g/mol. The minimum atomic E-state index is -0.417. The van der Waals surface area contributed by atoms with Gasteiger partial charge in [0.1, 0.15) is 12.4 Å². The molecule has 0 unspecified atom stereocenters. The third kappa shape index (κ3) is 5.68. The highest BCUT2D eigenvalue weighted by Crippen LogP contribution is 2.27. The number of rotatable bonds is 7. The molecule has 1 fully saturated rings. The molecule has 1 aromatic heterocycles. The number of benzene rings is 2. The lowest BCUT2D eigenvalue weighted by molar-refractivity contribution is -0.130. The van der Waals surface area contributed by atoms with Crippen LogP contribution in [0.2, 0.25) is 0 Å². The minimum absolute atomic E-state index is 0.0242. The number of hydroxylamine groups is 1. The number of nitrogens with one attached hydrogen (secondary N) is 2. The van der Waals surface area contributed by atoms with Gasteiger partial charge in [-0.25, -0.2) is 5.48 Å². The summed E-state index contributed by atoms with van der Waals surface area (Å²) in [7, 11) is 0. The molecule has 1 heterocycles. The Kier molecular flexibility index (Phi) is 7.19. The first-order valence-corrected chi connectivity index (χ1v) is 11.4. The predicted octanol–water partition coefficient (Wildman–Crippen LogP) is 4.31. The highest BCUT2D eigenvalue weighted by Gasteiger charge is 2.28. The molecule has 3 aromatic rings. The molecular weight excluding hydrogens is 418 g/mol. The lowest BCUT2D eigenvalue weighted by atomic mass is 9.82. The SMILES string of the molecule is Cc1cc(COc2ccc(C(=O)N[C@@H]3CCCC[C@H]3CC(=O)NO)cc2)c2ccccc2n1. The van der Waals surface area contributed by atoms with E-state index in [1.165, 1.54) is 0 Å². The summed E-state index contributed by atoms with van der Waals surface area (Å²) in [5.74, 6) is 0.120. The second kappa shape index (κ2) is 10.4. The third-order valence-corrected chi connectivity index (χ3v) is 6.24. The Balaban J connectivity index is 1.38. The standard InChI is InChI=1S/C26H29N3O4/c1-17-14-20(22-7-3-5-9-24(22)27-17)16-33-21-12-10-18(11-13-21)26(31)28-23-8-4-2-6-19(23)15-25(30)29-32/h3,5,7,9-14,19,23,32H,2,4,6,8,15-16H2,1H3,(H,28,31)(H,29,30)/t19-,23+/m0/s1. The molecule has 0 bridgehead atoms. The predicted molar refractivity (Wildman–Crippen MR) is 125 cm³/mol. The summed E-state index contributed by atoms with van der Waals surface area (Å²) in [6.45, 7) is 2.38. The number of carbonyl (C=O) groups excluding carboxylic acids is 2. The van der Waals surface area contributed by atoms with Crippen LogP contribution in [0.1, 0.15) is 53.7 Å². The summed E-state index contributed by atoms with van der Waals surface area (Å²) in [4.78, 5) is 28.9. The van der Waals surface area contributed by atoms with Crippen molar-refractivity contribution in [1.82, 2.24) is 15.8 Å². The molecule has 0 radical (unpaired) electrons. The van der Waals surface area contributed by atoms with Gasteiger partial charge in [0.05, 0.1) is 5.52 Å². The summed E-state index contributed by atoms with van der Waals surface area (Å²) < 4.78 is 5.99. The van der Waals surface area contributed by atoms with Crippen LogP contribution in [0.5, 0.6) is 5.75 Å². The lowest BCUT2D eigenvalue weighted by Gasteiger charge is -2.31. The largest absolute Gasteiger partial charge is 0.489 e. The fourth-order valence-electron chi connectivity index (χ4n) is 4.56. The van der Waals surface area contributed by atoms with Crippen molar-refractivity contribution in [2.24, 2.45) is 5.92 Å². The van der Waals surface area contributed by atoms with E-state index in [0.717, 1.165) is 47.8 Å². The molecule has 1 saturated carbocycles. The van der Waals surface area contributed by atoms with Crippen LogP contribution < -0.4 is 15.5 Å². The third-order valence-electron chi connectivity index (χ3n) is 6.24. The maximum absolute atomic E-state index is 12.8. The number of ether oxygens (including phenoxy) is 1. The highest BCUT2D eigenvalue weighted by atomic mass is 16.5. The van der Waals surface area contributed by atoms with Gasteiger partial charge in [-0.15, -0.1) is 0 Å². The van der Waals surface area contributed by atoms with Gasteiger partial charge in [-0.1, -0.05) is 31.0 Å². The summed E-state index contributed by atoms with van der Waals surface area (Å²) >= 11 is 0. The van der Waals surface area contributed by atoms with E-state index in [4.69, 9.17) is 9.94 Å². The van der Waals surface area contributed by atoms with Crippen LogP contribution in [0, 0.1) is 12.8 Å². The van der Waals surface area contributed by atoms with E-state index in [0.29, 0.717) is 17.9 Å². The molecule has 0 aliphatic heterocycles. The van der Waals surface area contributed by atoms with Gasteiger partial charge in [-0.3, -0.25) is 19.8 Å². The number of hydrogen-bond acceptors (Lipinski definition) is 5. The van der Waals surface area contributed by atoms with Gasteiger partial charge in [0.25, 0.3) is 5.91 Å². The number of aryl methyl sites for hydroxylation is 1. The number of nitrogens with zero attached hydrogens (tertiary/aromatic N) is 1. The van der Waals surface area contributed by atoms with Crippen molar-refractivity contribution in [3.8, 4) is 5.75 Å². The molecule has 2 amide bonds. The fraction of sp³-hybridized carbons (Fsp3) is 0.346. The van der Waals surface area contributed by atoms with Crippen LogP contribution in [-0.2, 0) is 11.4 Å². The zero-order chi connectivity index (χ0) is 23.2. The number of hydrogen-bond donors (Lipinski definition) is 3. The van der Waals surface area contributed by atoms with E-state index < -0.39 is 5.91 Å². The molecule has 2 atom stereocenters. The van der Waals surface area contributed by atoms with Gasteiger partial charge in [0, 0.05) is 34.7 Å². The Bertz CT molecular complexity index is 1130. The maximum Gasteiger partial charge on any atom is 0.251 e.